The van der Waals surface area contributed by atoms with Gasteiger partial charge in [-0.15, -0.1) is 0 Å². The second-order valence-corrected chi connectivity index (χ2v) is 6.56. The van der Waals surface area contributed by atoms with Gasteiger partial charge in [0.15, 0.2) is 0 Å². The Morgan fingerprint density at radius 1 is 1.22 bits per heavy atom. The number of alkyl halides is 4. The molecule has 150 valence electrons. The molecule has 0 aliphatic rings. The average molecular weight is 430 g/mol. The normalized spacial score (nSPS) is 12.8. The zero-order valence-electron chi connectivity index (χ0n) is 14.4. The van der Waals surface area contributed by atoms with E-state index in [2.05, 4.69) is 15.5 Å². The van der Waals surface area contributed by atoms with E-state index in [0.717, 1.165) is 0 Å². The van der Waals surface area contributed by atoms with Crippen LogP contribution in [0, 0.1) is 6.92 Å². The van der Waals surface area contributed by atoms with E-state index in [1.807, 2.05) is 0 Å². The fourth-order valence-electron chi connectivity index (χ4n) is 2.40. The van der Waals surface area contributed by atoms with E-state index in [-0.39, 0.29) is 6.54 Å². The van der Waals surface area contributed by atoms with Crippen molar-refractivity contribution in [3.63, 3.8) is 0 Å². The van der Waals surface area contributed by atoms with Gasteiger partial charge in [0.05, 0.1) is 15.7 Å². The van der Waals surface area contributed by atoms with E-state index in [0.29, 0.717) is 28.4 Å². The Kier molecular flexibility index (Phi) is 7.10. The number of carbonyl (C=O) groups is 1. The topological polar surface area (TPSA) is 64.7 Å². The van der Waals surface area contributed by atoms with Crippen LogP contribution in [0.1, 0.15) is 49.3 Å². The molecule has 0 aliphatic carbocycles. The highest BCUT2D eigenvalue weighted by Gasteiger charge is 2.31. The molecule has 1 atom stereocenters. The Bertz CT molecular complexity index is 789. The first-order valence-electron chi connectivity index (χ1n) is 7.94. The summed E-state index contributed by atoms with van der Waals surface area (Å²) < 4.78 is 54.2. The number of nitrogens with zero attached hydrogens (tertiary/aromatic N) is 4. The minimum absolute atomic E-state index is 0.223. The molecule has 27 heavy (non-hydrogen) atoms. The third-order valence-electron chi connectivity index (χ3n) is 3.82. The lowest BCUT2D eigenvalue weighted by molar-refractivity contribution is -0.124. The van der Waals surface area contributed by atoms with Gasteiger partial charge in [-0.3, -0.25) is 9.48 Å². The number of halogens is 6. The molecule has 2 aromatic rings. The Hall–Kier alpha value is -1.81. The van der Waals surface area contributed by atoms with Crippen molar-refractivity contribution in [3.8, 4) is 0 Å². The maximum atomic E-state index is 13.2. The maximum absolute atomic E-state index is 13.2. The molecule has 1 amide bonds. The molecule has 0 saturated heterocycles. The zero-order valence-corrected chi connectivity index (χ0v) is 15.9. The third kappa shape index (κ3) is 4.92. The van der Waals surface area contributed by atoms with Crippen LogP contribution in [-0.2, 0) is 11.3 Å². The Morgan fingerprint density at radius 2 is 1.89 bits per heavy atom. The maximum Gasteiger partial charge on any atom is 0.283 e. The van der Waals surface area contributed by atoms with Crippen molar-refractivity contribution >= 4 is 29.1 Å². The summed E-state index contributed by atoms with van der Waals surface area (Å²) in [6.45, 7) is 3.73. The minimum Gasteiger partial charge on any atom is -0.354 e. The van der Waals surface area contributed by atoms with Gasteiger partial charge in [-0.2, -0.15) is 10.2 Å². The van der Waals surface area contributed by atoms with Crippen molar-refractivity contribution in [1.82, 2.24) is 24.9 Å². The summed E-state index contributed by atoms with van der Waals surface area (Å²) >= 11 is 11.5. The molecule has 1 unspecified atom stereocenters. The van der Waals surface area contributed by atoms with E-state index in [9.17, 15) is 22.4 Å². The second kappa shape index (κ2) is 8.92. The van der Waals surface area contributed by atoms with Crippen LogP contribution >= 0.6 is 23.2 Å². The minimum atomic E-state index is -3.15. The molecule has 2 rings (SSSR count). The van der Waals surface area contributed by atoms with Crippen LogP contribution in [0.15, 0.2) is 6.20 Å². The zero-order chi connectivity index (χ0) is 20.3. The molecule has 0 spiro atoms. The summed E-state index contributed by atoms with van der Waals surface area (Å²) in [4.78, 5) is 12.2. The predicted molar refractivity (Wildman–Crippen MR) is 91.5 cm³/mol. The average Bonchev–Trinajstić information content (AvgIpc) is 3.10. The van der Waals surface area contributed by atoms with Crippen LogP contribution in [0.4, 0.5) is 17.6 Å². The lowest BCUT2D eigenvalue weighted by atomic mass is 10.3. The summed E-state index contributed by atoms with van der Waals surface area (Å²) in [6.07, 6.45) is -4.13. The lowest BCUT2D eigenvalue weighted by Crippen LogP contribution is -2.33. The van der Waals surface area contributed by atoms with Gasteiger partial charge < -0.3 is 5.32 Å². The molecular weight excluding hydrogens is 413 g/mol. The number of carbonyl (C=O) groups excluding carboxylic acids is 1. The molecule has 0 bridgehead atoms. The highest BCUT2D eigenvalue weighted by molar-refractivity contribution is 6.32. The van der Waals surface area contributed by atoms with Gasteiger partial charge in [0.25, 0.3) is 12.9 Å². The van der Waals surface area contributed by atoms with Crippen molar-refractivity contribution in [3.05, 3.63) is 33.3 Å². The summed E-state index contributed by atoms with van der Waals surface area (Å²) in [5.74, 6) is -0.647. The van der Waals surface area contributed by atoms with Crippen molar-refractivity contribution in [1.29, 1.82) is 0 Å². The van der Waals surface area contributed by atoms with Crippen molar-refractivity contribution in [2.24, 2.45) is 0 Å². The first kappa shape index (κ1) is 21.5. The molecule has 2 aromatic heterocycles. The predicted octanol–water partition coefficient (Wildman–Crippen LogP) is 4.34. The van der Waals surface area contributed by atoms with Crippen molar-refractivity contribution in [2.45, 2.75) is 45.7 Å². The highest BCUT2D eigenvalue weighted by atomic mass is 35.5. The standard InChI is InChI=1S/C15H17Cl2F4N5O/c1-7-9(16)6-25(23-7)5-3-4-22-15(27)8(2)26-12(14(20)21)10(17)11(24-26)13(18)19/h6,8,13-14H,3-5H2,1-2H3,(H,22,27). The summed E-state index contributed by atoms with van der Waals surface area (Å²) in [5.41, 5.74) is -1.20. The van der Waals surface area contributed by atoms with Gasteiger partial charge in [-0.1, -0.05) is 23.2 Å². The van der Waals surface area contributed by atoms with Crippen LogP contribution in [0.3, 0.4) is 0 Å². The van der Waals surface area contributed by atoms with Crippen LogP contribution < -0.4 is 5.32 Å². The van der Waals surface area contributed by atoms with E-state index >= 15 is 0 Å². The van der Waals surface area contributed by atoms with Crippen LogP contribution in [-0.4, -0.2) is 32.0 Å². The number of hydrogen-bond donors (Lipinski definition) is 1. The van der Waals surface area contributed by atoms with E-state index in [1.54, 1.807) is 17.8 Å². The van der Waals surface area contributed by atoms with Crippen molar-refractivity contribution in [2.75, 3.05) is 6.54 Å². The van der Waals surface area contributed by atoms with Crippen LogP contribution in [0.2, 0.25) is 10.0 Å². The van der Waals surface area contributed by atoms with Gasteiger partial charge in [0, 0.05) is 19.3 Å². The smallest absolute Gasteiger partial charge is 0.283 e. The molecule has 0 aromatic carbocycles. The molecule has 0 aliphatic heterocycles. The lowest BCUT2D eigenvalue weighted by Gasteiger charge is -2.15. The Morgan fingerprint density at radius 3 is 2.41 bits per heavy atom. The van der Waals surface area contributed by atoms with E-state index < -0.39 is 41.2 Å². The van der Waals surface area contributed by atoms with Crippen LogP contribution in [0.5, 0.6) is 0 Å². The second-order valence-electron chi connectivity index (χ2n) is 5.78. The van der Waals surface area contributed by atoms with E-state index in [1.165, 1.54) is 6.92 Å². The number of aromatic nitrogens is 4. The van der Waals surface area contributed by atoms with Crippen LogP contribution in [0.25, 0.3) is 0 Å². The number of hydrogen-bond acceptors (Lipinski definition) is 3. The highest BCUT2D eigenvalue weighted by Crippen LogP contribution is 2.36. The van der Waals surface area contributed by atoms with Gasteiger partial charge in [-0.05, 0) is 20.3 Å². The largest absolute Gasteiger partial charge is 0.354 e. The van der Waals surface area contributed by atoms with Gasteiger partial charge >= 0.3 is 0 Å². The summed E-state index contributed by atoms with van der Waals surface area (Å²) in [5, 5.41) is 9.81. The first-order valence-corrected chi connectivity index (χ1v) is 8.70. The fraction of sp³-hybridized carbons (Fsp3) is 0.533. The Balaban J connectivity index is 1.99. The molecular formula is C15H17Cl2F4N5O. The first-order chi connectivity index (χ1) is 12.6. The molecule has 0 saturated carbocycles. The SMILES string of the molecule is Cc1nn(CCCNC(=O)C(C)n2nc(C(F)F)c(Cl)c2C(F)F)cc1Cl. The quantitative estimate of drug-likeness (QED) is 0.501. The number of rotatable bonds is 8. The van der Waals surface area contributed by atoms with Gasteiger partial charge in [0.1, 0.15) is 17.4 Å². The monoisotopic (exact) mass is 429 g/mol. The fourth-order valence-corrected chi connectivity index (χ4v) is 2.84. The number of amides is 1. The molecule has 0 radical (unpaired) electrons. The molecule has 0 fully saturated rings. The number of nitrogens with one attached hydrogen (secondary N) is 1. The number of aryl methyl sites for hydroxylation is 2. The Labute approximate surface area is 162 Å². The molecule has 2 heterocycles. The summed E-state index contributed by atoms with van der Waals surface area (Å²) in [7, 11) is 0. The van der Waals surface area contributed by atoms with Crippen molar-refractivity contribution < 1.29 is 22.4 Å². The van der Waals surface area contributed by atoms with Gasteiger partial charge in [0.2, 0.25) is 5.91 Å². The summed E-state index contributed by atoms with van der Waals surface area (Å²) in [6, 6.07) is -1.24. The van der Waals surface area contributed by atoms with E-state index in [4.69, 9.17) is 23.2 Å². The molecule has 12 heteroatoms. The molecule has 1 N–H and O–H groups in total. The third-order valence-corrected chi connectivity index (χ3v) is 4.58. The molecule has 6 nitrogen and oxygen atoms in total. The van der Waals surface area contributed by atoms with Gasteiger partial charge in [-0.25, -0.2) is 22.2 Å².